The van der Waals surface area contributed by atoms with E-state index in [1.807, 2.05) is 6.07 Å². The van der Waals surface area contributed by atoms with E-state index in [1.54, 1.807) is 26.3 Å². The van der Waals surface area contributed by atoms with E-state index < -0.39 is 0 Å². The van der Waals surface area contributed by atoms with Gasteiger partial charge in [-0.2, -0.15) is 0 Å². The number of ether oxygens (including phenoxy) is 1. The number of hydrogen-bond donors (Lipinski definition) is 2. The molecule has 1 aliphatic rings. The number of hydrogen-bond acceptors (Lipinski definition) is 3. The lowest BCUT2D eigenvalue weighted by Crippen LogP contribution is -2.39. The number of guanidine groups is 1. The molecule has 0 spiro atoms. The minimum Gasteiger partial charge on any atom is -0.508 e. The van der Waals surface area contributed by atoms with Gasteiger partial charge in [0.15, 0.2) is 5.96 Å². The van der Waals surface area contributed by atoms with Gasteiger partial charge in [0.1, 0.15) is 11.5 Å². The van der Waals surface area contributed by atoms with Crippen LogP contribution in [-0.2, 0) is 6.54 Å². The molecule has 2 rings (SSSR count). The molecular weight excluding hydrogens is 242 g/mol. The number of phenols is 1. The highest BCUT2D eigenvalue weighted by Gasteiger charge is 2.15. The second kappa shape index (κ2) is 6.31. The van der Waals surface area contributed by atoms with Crippen LogP contribution >= 0.6 is 0 Å². The van der Waals surface area contributed by atoms with Crippen molar-refractivity contribution in [3.8, 4) is 11.5 Å². The number of aliphatic imine (C=N–C) groups is 1. The fourth-order valence-corrected chi connectivity index (χ4v) is 2.27. The maximum Gasteiger partial charge on any atom is 0.193 e. The molecule has 1 saturated heterocycles. The van der Waals surface area contributed by atoms with Crippen LogP contribution in [0.15, 0.2) is 23.2 Å². The van der Waals surface area contributed by atoms with Gasteiger partial charge in [-0.25, -0.2) is 0 Å². The molecule has 0 aromatic heterocycles. The summed E-state index contributed by atoms with van der Waals surface area (Å²) >= 11 is 0. The molecule has 104 valence electrons. The van der Waals surface area contributed by atoms with Crippen LogP contribution in [0, 0.1) is 0 Å². The first-order valence-corrected chi connectivity index (χ1v) is 6.56. The molecule has 5 heteroatoms. The lowest BCUT2D eigenvalue weighted by Gasteiger charge is -2.21. The Balaban J connectivity index is 2.00. The second-order valence-electron chi connectivity index (χ2n) is 4.59. The third kappa shape index (κ3) is 3.30. The van der Waals surface area contributed by atoms with Crippen LogP contribution in [0.4, 0.5) is 0 Å². The lowest BCUT2D eigenvalue weighted by molar-refractivity contribution is 0.410. The summed E-state index contributed by atoms with van der Waals surface area (Å²) < 4.78 is 5.16. The van der Waals surface area contributed by atoms with Gasteiger partial charge in [0.05, 0.1) is 7.11 Å². The van der Waals surface area contributed by atoms with Gasteiger partial charge >= 0.3 is 0 Å². The number of rotatable bonds is 3. The molecular formula is C14H21N3O2. The number of phenolic OH excluding ortho intramolecular Hbond substituents is 1. The van der Waals surface area contributed by atoms with Gasteiger partial charge in [0.2, 0.25) is 0 Å². The second-order valence-corrected chi connectivity index (χ2v) is 4.59. The van der Waals surface area contributed by atoms with Gasteiger partial charge in [0.25, 0.3) is 0 Å². The van der Waals surface area contributed by atoms with Crippen molar-refractivity contribution in [2.45, 2.75) is 19.4 Å². The fourth-order valence-electron chi connectivity index (χ4n) is 2.27. The maximum absolute atomic E-state index is 9.83. The van der Waals surface area contributed by atoms with E-state index in [4.69, 9.17) is 4.74 Å². The minimum atomic E-state index is 0.269. The Labute approximate surface area is 113 Å². The zero-order valence-electron chi connectivity index (χ0n) is 11.5. The predicted molar refractivity (Wildman–Crippen MR) is 75.7 cm³/mol. The molecule has 0 saturated carbocycles. The van der Waals surface area contributed by atoms with Gasteiger partial charge in [-0.1, -0.05) is 0 Å². The normalized spacial score (nSPS) is 15.7. The third-order valence-corrected chi connectivity index (χ3v) is 3.34. The third-order valence-electron chi connectivity index (χ3n) is 3.34. The topological polar surface area (TPSA) is 57.1 Å². The van der Waals surface area contributed by atoms with Gasteiger partial charge < -0.3 is 20.1 Å². The van der Waals surface area contributed by atoms with Gasteiger partial charge in [-0.05, 0) is 31.0 Å². The molecule has 0 unspecified atom stereocenters. The minimum absolute atomic E-state index is 0.269. The Morgan fingerprint density at radius 2 is 2.16 bits per heavy atom. The summed E-state index contributed by atoms with van der Waals surface area (Å²) in [6, 6.07) is 5.22. The van der Waals surface area contributed by atoms with Crippen LogP contribution in [0.3, 0.4) is 0 Å². The van der Waals surface area contributed by atoms with Crippen molar-refractivity contribution in [2.24, 2.45) is 4.99 Å². The van der Waals surface area contributed by atoms with Crippen LogP contribution in [0.1, 0.15) is 18.4 Å². The highest BCUT2D eigenvalue weighted by atomic mass is 16.5. The first-order valence-electron chi connectivity index (χ1n) is 6.56. The SMILES string of the molecule is CN=C(NCc1cc(OC)ccc1O)N1CCCC1. The number of likely N-dealkylation sites (tertiary alicyclic amines) is 1. The average Bonchev–Trinajstić information content (AvgIpc) is 2.95. The Bertz CT molecular complexity index is 454. The molecule has 0 atom stereocenters. The van der Waals surface area contributed by atoms with Crippen molar-refractivity contribution < 1.29 is 9.84 Å². The van der Waals surface area contributed by atoms with E-state index in [0.717, 1.165) is 30.4 Å². The van der Waals surface area contributed by atoms with E-state index in [9.17, 15) is 5.11 Å². The lowest BCUT2D eigenvalue weighted by atomic mass is 10.2. The number of nitrogens with one attached hydrogen (secondary N) is 1. The van der Waals surface area contributed by atoms with Crippen LogP contribution in [0.25, 0.3) is 0 Å². The molecule has 0 amide bonds. The molecule has 1 heterocycles. The average molecular weight is 263 g/mol. The summed E-state index contributed by atoms with van der Waals surface area (Å²) in [7, 11) is 3.40. The molecule has 0 bridgehead atoms. The molecule has 1 fully saturated rings. The van der Waals surface area contributed by atoms with E-state index in [2.05, 4.69) is 15.2 Å². The molecule has 0 aliphatic carbocycles. The van der Waals surface area contributed by atoms with Gasteiger partial charge in [-0.3, -0.25) is 4.99 Å². The molecule has 0 radical (unpaired) electrons. The van der Waals surface area contributed by atoms with Crippen molar-refractivity contribution in [2.75, 3.05) is 27.2 Å². The Hall–Kier alpha value is -1.91. The van der Waals surface area contributed by atoms with Crippen LogP contribution in [0.2, 0.25) is 0 Å². The number of methoxy groups -OCH3 is 1. The Kier molecular flexibility index (Phi) is 4.49. The first kappa shape index (κ1) is 13.5. The van der Waals surface area contributed by atoms with E-state index in [1.165, 1.54) is 12.8 Å². The molecule has 2 N–H and O–H groups in total. The van der Waals surface area contributed by atoms with E-state index >= 15 is 0 Å². The fraction of sp³-hybridized carbons (Fsp3) is 0.500. The first-order chi connectivity index (χ1) is 9.24. The molecule has 1 aromatic carbocycles. The molecule has 1 aromatic rings. The maximum atomic E-state index is 9.83. The number of benzene rings is 1. The van der Waals surface area contributed by atoms with Crippen molar-refractivity contribution in [3.63, 3.8) is 0 Å². The highest BCUT2D eigenvalue weighted by molar-refractivity contribution is 5.80. The number of nitrogens with zero attached hydrogens (tertiary/aromatic N) is 2. The van der Waals surface area contributed by atoms with Crippen molar-refractivity contribution in [1.82, 2.24) is 10.2 Å². The largest absolute Gasteiger partial charge is 0.508 e. The summed E-state index contributed by atoms with van der Waals surface area (Å²) in [6.07, 6.45) is 2.43. The summed E-state index contributed by atoms with van der Waals surface area (Å²) in [5, 5.41) is 13.1. The van der Waals surface area contributed by atoms with Crippen molar-refractivity contribution in [3.05, 3.63) is 23.8 Å². The van der Waals surface area contributed by atoms with Crippen molar-refractivity contribution in [1.29, 1.82) is 0 Å². The van der Waals surface area contributed by atoms with Gasteiger partial charge in [0, 0.05) is 32.2 Å². The zero-order valence-corrected chi connectivity index (χ0v) is 11.5. The van der Waals surface area contributed by atoms with Gasteiger partial charge in [-0.15, -0.1) is 0 Å². The molecule has 5 nitrogen and oxygen atoms in total. The summed E-state index contributed by atoms with van der Waals surface area (Å²) in [6.45, 7) is 2.62. The summed E-state index contributed by atoms with van der Waals surface area (Å²) in [5.41, 5.74) is 0.805. The van der Waals surface area contributed by atoms with Crippen molar-refractivity contribution >= 4 is 5.96 Å². The summed E-state index contributed by atoms with van der Waals surface area (Å²) in [5.74, 6) is 1.90. The standard InChI is InChI=1S/C14H21N3O2/c1-15-14(17-7-3-4-8-17)16-10-11-9-12(19-2)5-6-13(11)18/h5-6,9,18H,3-4,7-8,10H2,1-2H3,(H,15,16). The smallest absolute Gasteiger partial charge is 0.193 e. The van der Waals surface area contributed by atoms with Crippen LogP contribution in [0.5, 0.6) is 11.5 Å². The zero-order chi connectivity index (χ0) is 13.7. The molecule has 1 aliphatic heterocycles. The number of aromatic hydroxyl groups is 1. The Morgan fingerprint density at radius 1 is 1.42 bits per heavy atom. The van der Waals surface area contributed by atoms with E-state index in [0.29, 0.717) is 6.54 Å². The quantitative estimate of drug-likeness (QED) is 0.642. The molecule has 19 heavy (non-hydrogen) atoms. The van der Waals surface area contributed by atoms with Crippen LogP contribution < -0.4 is 10.1 Å². The Morgan fingerprint density at radius 3 is 2.79 bits per heavy atom. The highest BCUT2D eigenvalue weighted by Crippen LogP contribution is 2.22. The van der Waals surface area contributed by atoms with E-state index in [-0.39, 0.29) is 5.75 Å². The monoisotopic (exact) mass is 263 g/mol. The summed E-state index contributed by atoms with van der Waals surface area (Å²) in [4.78, 5) is 6.51. The van der Waals surface area contributed by atoms with Crippen LogP contribution in [-0.4, -0.2) is 43.2 Å². The predicted octanol–water partition coefficient (Wildman–Crippen LogP) is 1.57.